The Hall–Kier alpha value is 0.110. The van der Waals surface area contributed by atoms with E-state index < -0.39 is 10.8 Å². The van der Waals surface area contributed by atoms with Crippen molar-refractivity contribution < 1.29 is 4.21 Å². The molecule has 3 heteroatoms. The summed E-state index contributed by atoms with van der Waals surface area (Å²) in [5.41, 5.74) is 5.96. The molecule has 0 aromatic heterocycles. The second-order valence-corrected chi connectivity index (χ2v) is 8.01. The Morgan fingerprint density at radius 3 is 2.41 bits per heavy atom. The van der Waals surface area contributed by atoms with Crippen LogP contribution in [0.3, 0.4) is 0 Å². The van der Waals surface area contributed by atoms with Crippen molar-refractivity contribution in [2.75, 3.05) is 12.3 Å². The molecule has 102 valence electrons. The first kappa shape index (κ1) is 15.2. The zero-order valence-electron chi connectivity index (χ0n) is 11.5. The van der Waals surface area contributed by atoms with E-state index in [1.807, 2.05) is 0 Å². The quantitative estimate of drug-likeness (QED) is 0.713. The molecule has 1 aliphatic rings. The van der Waals surface area contributed by atoms with Gasteiger partial charge in [-0.1, -0.05) is 39.5 Å². The topological polar surface area (TPSA) is 43.1 Å². The van der Waals surface area contributed by atoms with Crippen LogP contribution in [0.15, 0.2) is 0 Å². The Kier molecular flexibility index (Phi) is 6.71. The summed E-state index contributed by atoms with van der Waals surface area (Å²) in [5.74, 6) is 0.908. The summed E-state index contributed by atoms with van der Waals surface area (Å²) in [7, 11) is -0.568. The van der Waals surface area contributed by atoms with Crippen LogP contribution in [-0.4, -0.2) is 21.8 Å². The molecule has 1 saturated carbocycles. The molecule has 0 bridgehead atoms. The van der Waals surface area contributed by atoms with Crippen LogP contribution in [0.5, 0.6) is 0 Å². The van der Waals surface area contributed by atoms with Crippen LogP contribution in [0, 0.1) is 5.41 Å². The first-order valence-electron chi connectivity index (χ1n) is 7.12. The monoisotopic (exact) mass is 259 g/mol. The molecule has 1 rings (SSSR count). The van der Waals surface area contributed by atoms with E-state index in [0.717, 1.165) is 25.1 Å². The van der Waals surface area contributed by atoms with Crippen LogP contribution >= 0.6 is 0 Å². The molecule has 0 aliphatic heterocycles. The van der Waals surface area contributed by atoms with Gasteiger partial charge in [-0.25, -0.2) is 0 Å². The molecule has 1 atom stereocenters. The molecular weight excluding hydrogens is 230 g/mol. The van der Waals surface area contributed by atoms with E-state index in [-0.39, 0.29) is 5.41 Å². The van der Waals surface area contributed by atoms with Gasteiger partial charge in [-0.3, -0.25) is 4.21 Å². The fraction of sp³-hybridized carbons (Fsp3) is 1.00. The van der Waals surface area contributed by atoms with Crippen LogP contribution in [0.4, 0.5) is 0 Å². The minimum atomic E-state index is -0.568. The van der Waals surface area contributed by atoms with Gasteiger partial charge in [-0.2, -0.15) is 0 Å². The SMILES string of the molecule is CC(C)(CN)CCCCS(=O)C1CCCCC1. The molecule has 2 nitrogen and oxygen atoms in total. The Labute approximate surface area is 109 Å². The molecule has 1 aliphatic carbocycles. The van der Waals surface area contributed by atoms with Crippen molar-refractivity contribution >= 4 is 10.8 Å². The van der Waals surface area contributed by atoms with Crippen LogP contribution in [0.1, 0.15) is 65.2 Å². The van der Waals surface area contributed by atoms with E-state index in [9.17, 15) is 4.21 Å². The maximum Gasteiger partial charge on any atom is 0.0348 e. The summed E-state index contributed by atoms with van der Waals surface area (Å²) in [6.45, 7) is 5.18. The first-order chi connectivity index (χ1) is 8.05. The predicted octanol–water partition coefficient (Wildman–Crippen LogP) is 3.22. The summed E-state index contributed by atoms with van der Waals surface area (Å²) in [4.78, 5) is 0. The molecule has 0 aromatic rings. The van der Waals surface area contributed by atoms with E-state index in [4.69, 9.17) is 5.73 Å². The third-order valence-electron chi connectivity index (χ3n) is 3.93. The number of hydrogen-bond donors (Lipinski definition) is 1. The molecule has 1 fully saturated rings. The summed E-state index contributed by atoms with van der Waals surface area (Å²) >= 11 is 0. The average Bonchev–Trinajstić information content (AvgIpc) is 2.35. The molecule has 0 saturated heterocycles. The van der Waals surface area contributed by atoms with Gasteiger partial charge in [0.25, 0.3) is 0 Å². The van der Waals surface area contributed by atoms with Gasteiger partial charge < -0.3 is 5.73 Å². The third-order valence-corrected chi connectivity index (χ3v) is 5.83. The average molecular weight is 259 g/mol. The summed E-state index contributed by atoms with van der Waals surface area (Å²) in [6.07, 6.45) is 9.74. The number of rotatable bonds is 7. The lowest BCUT2D eigenvalue weighted by atomic mass is 9.88. The molecular formula is C14H29NOS. The number of unbranched alkanes of at least 4 members (excludes halogenated alkanes) is 1. The molecule has 0 heterocycles. The predicted molar refractivity (Wildman–Crippen MR) is 76.6 cm³/mol. The van der Waals surface area contributed by atoms with E-state index in [0.29, 0.717) is 5.25 Å². The Balaban J connectivity index is 2.11. The van der Waals surface area contributed by atoms with E-state index >= 15 is 0 Å². The standard InChI is InChI=1S/C14H29NOS/c1-14(2,12-15)10-6-7-11-17(16)13-8-4-3-5-9-13/h13H,3-12,15H2,1-2H3. The van der Waals surface area contributed by atoms with Crippen molar-refractivity contribution in [3.63, 3.8) is 0 Å². The smallest absolute Gasteiger partial charge is 0.0348 e. The van der Waals surface area contributed by atoms with Crippen LogP contribution in [-0.2, 0) is 10.8 Å². The second-order valence-electron chi connectivity index (χ2n) is 6.17. The fourth-order valence-corrected chi connectivity index (χ4v) is 4.13. The molecule has 2 N–H and O–H groups in total. The van der Waals surface area contributed by atoms with Gasteiger partial charge in [0, 0.05) is 21.8 Å². The Bertz CT molecular complexity index is 234. The van der Waals surface area contributed by atoms with Crippen molar-refractivity contribution in [1.82, 2.24) is 0 Å². The minimum absolute atomic E-state index is 0.256. The summed E-state index contributed by atoms with van der Waals surface area (Å²) in [5, 5.41) is 0.506. The van der Waals surface area contributed by atoms with Crippen LogP contribution < -0.4 is 5.73 Å². The molecule has 17 heavy (non-hydrogen) atoms. The highest BCUT2D eigenvalue weighted by atomic mass is 32.2. The Morgan fingerprint density at radius 1 is 1.18 bits per heavy atom. The second kappa shape index (κ2) is 7.52. The summed E-state index contributed by atoms with van der Waals surface area (Å²) < 4.78 is 12.1. The van der Waals surface area contributed by atoms with Crippen LogP contribution in [0.25, 0.3) is 0 Å². The van der Waals surface area contributed by atoms with Gasteiger partial charge in [0.15, 0.2) is 0 Å². The van der Waals surface area contributed by atoms with Gasteiger partial charge in [0.2, 0.25) is 0 Å². The zero-order chi connectivity index (χ0) is 12.7. The van der Waals surface area contributed by atoms with Crippen molar-refractivity contribution in [1.29, 1.82) is 0 Å². The molecule has 0 aromatic carbocycles. The largest absolute Gasteiger partial charge is 0.330 e. The molecule has 0 radical (unpaired) electrons. The minimum Gasteiger partial charge on any atom is -0.330 e. The maximum absolute atomic E-state index is 12.1. The highest BCUT2D eigenvalue weighted by molar-refractivity contribution is 7.85. The number of hydrogen-bond acceptors (Lipinski definition) is 2. The van der Waals surface area contributed by atoms with E-state index in [2.05, 4.69) is 13.8 Å². The molecule has 1 unspecified atom stereocenters. The maximum atomic E-state index is 12.1. The summed E-state index contributed by atoms with van der Waals surface area (Å²) in [6, 6.07) is 0. The van der Waals surface area contributed by atoms with E-state index in [1.165, 1.54) is 38.5 Å². The lowest BCUT2D eigenvalue weighted by Crippen LogP contribution is -2.24. The van der Waals surface area contributed by atoms with Crippen molar-refractivity contribution in [2.24, 2.45) is 11.1 Å². The third kappa shape index (κ3) is 6.01. The normalized spacial score (nSPS) is 20.4. The first-order valence-corrected chi connectivity index (χ1v) is 8.50. The molecule has 0 amide bonds. The van der Waals surface area contributed by atoms with Gasteiger partial charge in [-0.15, -0.1) is 0 Å². The highest BCUT2D eigenvalue weighted by Gasteiger charge is 2.20. The number of nitrogens with two attached hydrogens (primary N) is 1. The van der Waals surface area contributed by atoms with Crippen LogP contribution in [0.2, 0.25) is 0 Å². The Morgan fingerprint density at radius 2 is 1.82 bits per heavy atom. The van der Waals surface area contributed by atoms with Crippen molar-refractivity contribution in [3.8, 4) is 0 Å². The van der Waals surface area contributed by atoms with Crippen molar-refractivity contribution in [2.45, 2.75) is 70.5 Å². The van der Waals surface area contributed by atoms with Gasteiger partial charge in [0.05, 0.1) is 0 Å². The van der Waals surface area contributed by atoms with Gasteiger partial charge >= 0.3 is 0 Å². The fourth-order valence-electron chi connectivity index (χ4n) is 2.44. The lowest BCUT2D eigenvalue weighted by molar-refractivity contribution is 0.336. The zero-order valence-corrected chi connectivity index (χ0v) is 12.4. The van der Waals surface area contributed by atoms with Gasteiger partial charge in [-0.05, 0) is 37.6 Å². The van der Waals surface area contributed by atoms with E-state index in [1.54, 1.807) is 0 Å². The lowest BCUT2D eigenvalue weighted by Gasteiger charge is -2.23. The highest BCUT2D eigenvalue weighted by Crippen LogP contribution is 2.24. The van der Waals surface area contributed by atoms with Gasteiger partial charge in [0.1, 0.15) is 0 Å². The van der Waals surface area contributed by atoms with Crippen molar-refractivity contribution in [3.05, 3.63) is 0 Å². The molecule has 0 spiro atoms.